The number of carbonyl (C=O) groups is 1. The summed E-state index contributed by atoms with van der Waals surface area (Å²) in [5.41, 5.74) is 2.63. The fraction of sp³-hybridized carbons (Fsp3) is 0.350. The SMILES string of the molecule is CC[C@H](NC(=O)[C@@H](C)N(c1ccccc1)S(C)(=O)=O)c1ccc(C)cc1. The van der Waals surface area contributed by atoms with E-state index in [2.05, 4.69) is 5.32 Å². The molecule has 0 unspecified atom stereocenters. The number of amides is 1. The summed E-state index contributed by atoms with van der Waals surface area (Å²) in [5.74, 6) is -0.327. The highest BCUT2D eigenvalue weighted by Crippen LogP contribution is 2.22. The Hall–Kier alpha value is -2.34. The Bertz CT molecular complexity index is 833. The van der Waals surface area contributed by atoms with Gasteiger partial charge in [0.25, 0.3) is 0 Å². The maximum atomic E-state index is 12.8. The van der Waals surface area contributed by atoms with Crippen LogP contribution in [0.3, 0.4) is 0 Å². The molecule has 0 aliphatic rings. The van der Waals surface area contributed by atoms with E-state index in [9.17, 15) is 13.2 Å². The van der Waals surface area contributed by atoms with Gasteiger partial charge in [-0.2, -0.15) is 0 Å². The fourth-order valence-electron chi connectivity index (χ4n) is 2.90. The van der Waals surface area contributed by atoms with Crippen molar-refractivity contribution in [1.29, 1.82) is 0 Å². The monoisotopic (exact) mass is 374 g/mol. The average Bonchev–Trinajstić information content (AvgIpc) is 2.60. The molecule has 1 N–H and O–H groups in total. The second-order valence-electron chi connectivity index (χ2n) is 6.45. The normalized spacial score (nSPS) is 13.7. The Morgan fingerprint density at radius 2 is 1.65 bits per heavy atom. The van der Waals surface area contributed by atoms with Gasteiger partial charge in [-0.3, -0.25) is 9.10 Å². The van der Waals surface area contributed by atoms with Crippen molar-refractivity contribution in [2.24, 2.45) is 0 Å². The number of anilines is 1. The lowest BCUT2D eigenvalue weighted by molar-refractivity contribution is -0.122. The fourth-order valence-corrected chi connectivity index (χ4v) is 4.07. The Kier molecular flexibility index (Phi) is 6.42. The van der Waals surface area contributed by atoms with Crippen molar-refractivity contribution in [3.05, 3.63) is 65.7 Å². The maximum absolute atomic E-state index is 12.8. The molecule has 5 nitrogen and oxygen atoms in total. The van der Waals surface area contributed by atoms with E-state index in [1.54, 1.807) is 37.3 Å². The number of nitrogens with zero attached hydrogens (tertiary/aromatic N) is 1. The van der Waals surface area contributed by atoms with E-state index in [-0.39, 0.29) is 11.9 Å². The molecule has 0 fully saturated rings. The van der Waals surface area contributed by atoms with Crippen molar-refractivity contribution in [2.75, 3.05) is 10.6 Å². The predicted molar refractivity (Wildman–Crippen MR) is 106 cm³/mol. The smallest absolute Gasteiger partial charge is 0.244 e. The second kappa shape index (κ2) is 8.36. The van der Waals surface area contributed by atoms with Crippen molar-refractivity contribution in [3.63, 3.8) is 0 Å². The van der Waals surface area contributed by atoms with Gasteiger partial charge in [0.15, 0.2) is 0 Å². The largest absolute Gasteiger partial charge is 0.347 e. The van der Waals surface area contributed by atoms with Crippen LogP contribution in [0, 0.1) is 6.92 Å². The summed E-state index contributed by atoms with van der Waals surface area (Å²) in [4.78, 5) is 12.8. The minimum atomic E-state index is -3.60. The number of benzene rings is 2. The summed E-state index contributed by atoms with van der Waals surface area (Å²) in [6.45, 7) is 5.60. The van der Waals surface area contributed by atoms with E-state index in [4.69, 9.17) is 0 Å². The van der Waals surface area contributed by atoms with Crippen LogP contribution in [0.1, 0.15) is 37.4 Å². The molecule has 6 heteroatoms. The van der Waals surface area contributed by atoms with Crippen LogP contribution in [0.2, 0.25) is 0 Å². The van der Waals surface area contributed by atoms with Crippen molar-refractivity contribution >= 4 is 21.6 Å². The maximum Gasteiger partial charge on any atom is 0.244 e. The quantitative estimate of drug-likeness (QED) is 0.807. The Labute approximate surface area is 156 Å². The minimum Gasteiger partial charge on any atom is -0.347 e. The Morgan fingerprint density at radius 3 is 2.15 bits per heavy atom. The summed E-state index contributed by atoms with van der Waals surface area (Å²) in [6.07, 6.45) is 1.83. The lowest BCUT2D eigenvalue weighted by atomic mass is 10.0. The first-order valence-electron chi connectivity index (χ1n) is 8.65. The summed E-state index contributed by atoms with van der Waals surface area (Å²) in [6, 6.07) is 15.6. The summed E-state index contributed by atoms with van der Waals surface area (Å²) in [5, 5.41) is 2.98. The molecular formula is C20H26N2O3S. The third-order valence-corrected chi connectivity index (χ3v) is 5.55. The number of hydrogen-bond acceptors (Lipinski definition) is 3. The van der Waals surface area contributed by atoms with E-state index >= 15 is 0 Å². The van der Waals surface area contributed by atoms with Crippen molar-refractivity contribution in [2.45, 2.75) is 39.3 Å². The van der Waals surface area contributed by atoms with Gasteiger partial charge >= 0.3 is 0 Å². The van der Waals surface area contributed by atoms with Gasteiger partial charge < -0.3 is 5.32 Å². The van der Waals surface area contributed by atoms with Crippen molar-refractivity contribution in [1.82, 2.24) is 5.32 Å². The zero-order valence-corrected chi connectivity index (χ0v) is 16.5. The predicted octanol–water partition coefficient (Wildman–Crippen LogP) is 3.42. The number of carbonyl (C=O) groups excluding carboxylic acids is 1. The molecule has 2 rings (SSSR count). The molecular weight excluding hydrogens is 348 g/mol. The molecule has 1 amide bonds. The zero-order chi connectivity index (χ0) is 19.3. The molecule has 0 aromatic heterocycles. The van der Waals surface area contributed by atoms with Gasteiger partial charge in [-0.1, -0.05) is 55.0 Å². The third kappa shape index (κ3) is 4.85. The summed E-state index contributed by atoms with van der Waals surface area (Å²) in [7, 11) is -3.60. The number of hydrogen-bond donors (Lipinski definition) is 1. The summed E-state index contributed by atoms with van der Waals surface area (Å²) >= 11 is 0. The molecule has 0 heterocycles. The molecule has 0 saturated carbocycles. The van der Waals surface area contributed by atoms with Crippen LogP contribution in [0.15, 0.2) is 54.6 Å². The first-order valence-corrected chi connectivity index (χ1v) is 10.5. The molecule has 0 spiro atoms. The van der Waals surface area contributed by atoms with Gasteiger partial charge in [-0.05, 0) is 38.0 Å². The van der Waals surface area contributed by atoms with Crippen LogP contribution in [0.25, 0.3) is 0 Å². The van der Waals surface area contributed by atoms with Gasteiger partial charge in [0.05, 0.1) is 18.0 Å². The van der Waals surface area contributed by atoms with E-state index in [0.717, 1.165) is 21.7 Å². The number of nitrogens with one attached hydrogen (secondary N) is 1. The highest BCUT2D eigenvalue weighted by atomic mass is 32.2. The molecule has 0 radical (unpaired) electrons. The number of para-hydroxylation sites is 1. The summed E-state index contributed by atoms with van der Waals surface area (Å²) < 4.78 is 25.7. The topological polar surface area (TPSA) is 66.5 Å². The average molecular weight is 375 g/mol. The number of aryl methyl sites for hydroxylation is 1. The van der Waals surface area contributed by atoms with Crippen LogP contribution in [-0.4, -0.2) is 26.6 Å². The highest BCUT2D eigenvalue weighted by molar-refractivity contribution is 7.92. The first kappa shape index (κ1) is 20.0. The van der Waals surface area contributed by atoms with Gasteiger partial charge in [-0.15, -0.1) is 0 Å². The van der Waals surface area contributed by atoms with Crippen molar-refractivity contribution < 1.29 is 13.2 Å². The van der Waals surface area contributed by atoms with Gasteiger partial charge in [0, 0.05) is 0 Å². The van der Waals surface area contributed by atoms with Crippen LogP contribution >= 0.6 is 0 Å². The molecule has 26 heavy (non-hydrogen) atoms. The molecule has 2 aromatic carbocycles. The van der Waals surface area contributed by atoms with E-state index in [1.807, 2.05) is 38.1 Å². The highest BCUT2D eigenvalue weighted by Gasteiger charge is 2.30. The van der Waals surface area contributed by atoms with E-state index in [0.29, 0.717) is 12.1 Å². The standard InChI is InChI=1S/C20H26N2O3S/c1-5-19(17-13-11-15(2)12-14-17)21-20(23)16(3)22(26(4,24)25)18-9-7-6-8-10-18/h6-14,16,19H,5H2,1-4H3,(H,21,23)/t16-,19+/m1/s1. The Balaban J connectivity index is 2.24. The zero-order valence-electron chi connectivity index (χ0n) is 15.6. The number of rotatable bonds is 7. The van der Waals surface area contributed by atoms with Crippen LogP contribution in [0.5, 0.6) is 0 Å². The molecule has 0 aliphatic carbocycles. The second-order valence-corrected chi connectivity index (χ2v) is 8.31. The molecule has 0 saturated heterocycles. The molecule has 2 atom stereocenters. The number of sulfonamides is 1. The van der Waals surface area contributed by atoms with Gasteiger partial charge in [0.2, 0.25) is 15.9 Å². The van der Waals surface area contributed by atoms with Crippen LogP contribution in [-0.2, 0) is 14.8 Å². The third-order valence-electron chi connectivity index (χ3n) is 4.30. The van der Waals surface area contributed by atoms with Crippen LogP contribution < -0.4 is 9.62 Å². The minimum absolute atomic E-state index is 0.164. The molecule has 2 aromatic rings. The first-order chi connectivity index (χ1) is 12.2. The molecule has 0 aliphatic heterocycles. The molecule has 0 bridgehead atoms. The Morgan fingerprint density at radius 1 is 1.08 bits per heavy atom. The van der Waals surface area contributed by atoms with E-state index < -0.39 is 16.1 Å². The van der Waals surface area contributed by atoms with Gasteiger partial charge in [-0.25, -0.2) is 8.42 Å². The molecule has 140 valence electrons. The lowest BCUT2D eigenvalue weighted by Gasteiger charge is -2.29. The van der Waals surface area contributed by atoms with Crippen molar-refractivity contribution in [3.8, 4) is 0 Å². The van der Waals surface area contributed by atoms with Gasteiger partial charge in [0.1, 0.15) is 6.04 Å². The van der Waals surface area contributed by atoms with Crippen LogP contribution in [0.4, 0.5) is 5.69 Å². The van der Waals surface area contributed by atoms with E-state index in [1.165, 1.54) is 0 Å². The lowest BCUT2D eigenvalue weighted by Crippen LogP contribution is -2.48.